The van der Waals surface area contributed by atoms with Crippen molar-refractivity contribution in [2.24, 2.45) is 0 Å². The van der Waals surface area contributed by atoms with E-state index < -0.39 is 18.1 Å². The van der Waals surface area contributed by atoms with Gasteiger partial charge in [0.05, 0.1) is 30.4 Å². The van der Waals surface area contributed by atoms with Crippen LogP contribution in [0.3, 0.4) is 0 Å². The summed E-state index contributed by atoms with van der Waals surface area (Å²) in [5, 5.41) is 5.70. The fourth-order valence-corrected chi connectivity index (χ4v) is 4.36. The van der Waals surface area contributed by atoms with Crippen molar-refractivity contribution in [3.05, 3.63) is 17.4 Å². The Morgan fingerprint density at radius 3 is 2.76 bits per heavy atom. The summed E-state index contributed by atoms with van der Waals surface area (Å²) < 4.78 is 34.0. The summed E-state index contributed by atoms with van der Waals surface area (Å²) in [6.07, 6.45) is 2.03. The summed E-state index contributed by atoms with van der Waals surface area (Å²) in [6, 6.07) is 1.74. The monoisotopic (exact) mass is 444 g/mol. The number of pyridine rings is 1. The third kappa shape index (κ3) is 1.92. The van der Waals surface area contributed by atoms with Gasteiger partial charge < -0.3 is 9.64 Å². The first-order chi connectivity index (χ1) is 9.96. The standard InChI is InChI=1S/C11H9ClF2IN4OP/c12-8-1-7-6(2-16-8)9(17-19(7)21-15)18-3-10(4-18)11(13,14)5-20-10/h1-2,21H,3-5H2. The molecule has 2 fully saturated rings. The van der Waals surface area contributed by atoms with Gasteiger partial charge in [-0.3, -0.25) is 0 Å². The molecule has 2 aliphatic rings. The van der Waals surface area contributed by atoms with Crippen molar-refractivity contribution in [2.45, 2.75) is 11.5 Å². The van der Waals surface area contributed by atoms with Gasteiger partial charge in [0, 0.05) is 12.3 Å². The van der Waals surface area contributed by atoms with Crippen LogP contribution in [0, 0.1) is 0 Å². The molecule has 0 aliphatic carbocycles. The van der Waals surface area contributed by atoms with Gasteiger partial charge in [-0.2, -0.15) is 0 Å². The van der Waals surface area contributed by atoms with E-state index in [4.69, 9.17) is 16.3 Å². The molecular formula is C11H9ClF2IN4OP. The molecule has 2 aromatic heterocycles. The fraction of sp³-hybridized carbons (Fsp3) is 0.455. The molecule has 0 radical (unpaired) electrons. The van der Waals surface area contributed by atoms with E-state index in [9.17, 15) is 8.78 Å². The van der Waals surface area contributed by atoms with Gasteiger partial charge in [-0.1, -0.05) is 11.6 Å². The Morgan fingerprint density at radius 1 is 1.43 bits per heavy atom. The lowest BCUT2D eigenvalue weighted by Crippen LogP contribution is -2.79. The quantitative estimate of drug-likeness (QED) is 0.406. The highest BCUT2D eigenvalue weighted by molar-refractivity contribution is 14.2. The van der Waals surface area contributed by atoms with E-state index in [-0.39, 0.29) is 13.1 Å². The van der Waals surface area contributed by atoms with Crippen LogP contribution in [0.15, 0.2) is 12.3 Å². The van der Waals surface area contributed by atoms with Crippen LogP contribution in [-0.2, 0) is 4.74 Å². The zero-order valence-electron chi connectivity index (χ0n) is 10.5. The minimum atomic E-state index is -2.74. The molecule has 4 heterocycles. The molecule has 0 aromatic carbocycles. The third-order valence-electron chi connectivity index (χ3n) is 3.98. The Labute approximate surface area is 138 Å². The predicted octanol–water partition coefficient (Wildman–Crippen LogP) is 3.10. The van der Waals surface area contributed by atoms with Gasteiger partial charge in [0.25, 0.3) is 0 Å². The number of halogens is 4. The first-order valence-electron chi connectivity index (χ1n) is 6.13. The van der Waals surface area contributed by atoms with Crippen LogP contribution in [0.1, 0.15) is 0 Å². The Bertz CT molecular complexity index is 736. The summed E-state index contributed by atoms with van der Waals surface area (Å²) >= 11 is 8.13. The van der Waals surface area contributed by atoms with Gasteiger partial charge in [0.15, 0.2) is 11.4 Å². The maximum Gasteiger partial charge on any atom is 0.302 e. The zero-order chi connectivity index (χ0) is 14.8. The van der Waals surface area contributed by atoms with E-state index in [2.05, 4.69) is 32.1 Å². The van der Waals surface area contributed by atoms with Crippen LogP contribution >= 0.6 is 40.0 Å². The molecule has 0 N–H and O–H groups in total. The fourth-order valence-electron chi connectivity index (χ4n) is 2.70. The Balaban J connectivity index is 1.70. The van der Waals surface area contributed by atoms with Crippen LogP contribution in [0.25, 0.3) is 10.9 Å². The molecule has 10 heteroatoms. The van der Waals surface area contributed by atoms with Crippen molar-refractivity contribution >= 4 is 56.7 Å². The first-order valence-corrected chi connectivity index (χ1v) is 10.6. The zero-order valence-corrected chi connectivity index (χ0v) is 14.4. The Morgan fingerprint density at radius 2 is 2.19 bits per heavy atom. The average Bonchev–Trinajstić information content (AvgIpc) is 2.74. The number of ether oxygens (including phenoxy) is 1. The first kappa shape index (κ1) is 14.3. The molecule has 4 rings (SSSR count). The SMILES string of the molecule is FC1(F)COC12CN(c1nn(PI)c3cc(Cl)ncc13)C2. The van der Waals surface area contributed by atoms with Crippen molar-refractivity contribution in [1.82, 2.24) is 14.5 Å². The van der Waals surface area contributed by atoms with Crippen LogP contribution in [0.4, 0.5) is 14.6 Å². The summed E-state index contributed by atoms with van der Waals surface area (Å²) in [6.45, 7) is -0.180. The molecule has 2 saturated heterocycles. The molecule has 5 nitrogen and oxygen atoms in total. The summed E-state index contributed by atoms with van der Waals surface area (Å²) in [4.78, 5) is 5.87. The molecule has 21 heavy (non-hydrogen) atoms. The summed E-state index contributed by atoms with van der Waals surface area (Å²) in [5.74, 6) is -2.08. The number of anilines is 1. The number of rotatable bonds is 2. The third-order valence-corrected chi connectivity index (χ3v) is 6.06. The maximum absolute atomic E-state index is 13.6. The highest BCUT2D eigenvalue weighted by atomic mass is 127. The van der Waals surface area contributed by atoms with Crippen LogP contribution in [0.5, 0.6) is 0 Å². The van der Waals surface area contributed by atoms with Gasteiger partial charge in [0.1, 0.15) is 11.8 Å². The maximum atomic E-state index is 13.6. The van der Waals surface area contributed by atoms with E-state index in [1.165, 1.54) is 0 Å². The normalized spacial score (nSPS) is 23.0. The summed E-state index contributed by atoms with van der Waals surface area (Å²) in [7, 11) is 0. The lowest BCUT2D eigenvalue weighted by atomic mass is 9.82. The number of hydrogen-bond acceptors (Lipinski definition) is 4. The van der Waals surface area contributed by atoms with Crippen LogP contribution in [-0.4, -0.2) is 45.8 Å². The number of alkyl halides is 2. The Hall–Kier alpha value is -0.310. The van der Waals surface area contributed by atoms with E-state index in [0.29, 0.717) is 17.3 Å². The predicted molar refractivity (Wildman–Crippen MR) is 86.1 cm³/mol. The lowest BCUT2D eigenvalue weighted by Gasteiger charge is -2.59. The van der Waals surface area contributed by atoms with Gasteiger partial charge in [-0.25, -0.2) is 18.2 Å². The Kier molecular flexibility index (Phi) is 3.13. The molecule has 2 aliphatic heterocycles. The highest BCUT2D eigenvalue weighted by Crippen LogP contribution is 2.49. The van der Waals surface area contributed by atoms with Crippen molar-refractivity contribution in [3.8, 4) is 0 Å². The van der Waals surface area contributed by atoms with E-state index in [1.807, 2.05) is 4.45 Å². The van der Waals surface area contributed by atoms with Crippen LogP contribution in [0.2, 0.25) is 5.15 Å². The molecule has 2 aromatic rings. The molecule has 1 spiro atoms. The lowest BCUT2D eigenvalue weighted by molar-refractivity contribution is -0.336. The van der Waals surface area contributed by atoms with Gasteiger partial charge in [-0.15, -0.1) is 5.10 Å². The van der Waals surface area contributed by atoms with Crippen LogP contribution < -0.4 is 4.90 Å². The van der Waals surface area contributed by atoms with Crippen molar-refractivity contribution in [2.75, 3.05) is 24.6 Å². The molecule has 0 amide bonds. The van der Waals surface area contributed by atoms with Gasteiger partial charge in [-0.05, 0) is 22.0 Å². The van der Waals surface area contributed by atoms with Crippen molar-refractivity contribution < 1.29 is 13.5 Å². The number of hydrogen-bond donors (Lipinski definition) is 0. The highest BCUT2D eigenvalue weighted by Gasteiger charge is 2.69. The molecule has 0 saturated carbocycles. The largest absolute Gasteiger partial charge is 0.358 e. The topological polar surface area (TPSA) is 43.2 Å². The van der Waals surface area contributed by atoms with Crippen molar-refractivity contribution in [3.63, 3.8) is 0 Å². The van der Waals surface area contributed by atoms with E-state index in [0.717, 1.165) is 10.9 Å². The van der Waals surface area contributed by atoms with Gasteiger partial charge >= 0.3 is 5.92 Å². The molecule has 1 unspecified atom stereocenters. The smallest absolute Gasteiger partial charge is 0.302 e. The second-order valence-corrected chi connectivity index (χ2v) is 7.61. The van der Waals surface area contributed by atoms with E-state index >= 15 is 0 Å². The van der Waals surface area contributed by atoms with Gasteiger partial charge in [0.2, 0.25) is 0 Å². The van der Waals surface area contributed by atoms with Crippen molar-refractivity contribution in [1.29, 1.82) is 0 Å². The second-order valence-electron chi connectivity index (χ2n) is 5.19. The molecule has 1 atom stereocenters. The number of aromatic nitrogens is 3. The van der Waals surface area contributed by atoms with E-state index in [1.54, 1.807) is 17.2 Å². The molecule has 0 bridgehead atoms. The average molecular weight is 445 g/mol. The molecular weight excluding hydrogens is 435 g/mol. The minimum absolute atomic E-state index is 0.152. The number of nitrogens with zero attached hydrogens (tertiary/aromatic N) is 4. The summed E-state index contributed by atoms with van der Waals surface area (Å²) in [5.41, 5.74) is -0.463. The number of fused-ring (bicyclic) bond motifs is 1. The minimum Gasteiger partial charge on any atom is -0.358 e. The molecule has 112 valence electrons. The second kappa shape index (κ2) is 4.59.